The highest BCUT2D eigenvalue weighted by Gasteiger charge is 2.18. The minimum absolute atomic E-state index is 0.130. The van der Waals surface area contributed by atoms with Gasteiger partial charge in [-0.15, -0.1) is 0 Å². The first-order valence-electron chi connectivity index (χ1n) is 5.62. The number of hydrogen-bond donors (Lipinski definition) is 1. The molecular weight excluding hydrogens is 191 g/mol. The average Bonchev–Trinajstić information content (AvgIpc) is 2.22. The zero-order valence-corrected chi connectivity index (χ0v) is 9.41. The van der Waals surface area contributed by atoms with Crippen molar-refractivity contribution in [2.24, 2.45) is 0 Å². The van der Waals surface area contributed by atoms with E-state index in [1.807, 2.05) is 6.92 Å². The fourth-order valence-electron chi connectivity index (χ4n) is 1.94. The molecule has 1 nitrogen and oxygen atoms in total. The van der Waals surface area contributed by atoms with Gasteiger partial charge in [0.2, 0.25) is 0 Å². The highest BCUT2D eigenvalue weighted by atomic mass is 19.1. The van der Waals surface area contributed by atoms with Crippen LogP contribution in [0.25, 0.3) is 0 Å². The first-order chi connectivity index (χ1) is 7.19. The van der Waals surface area contributed by atoms with Crippen molar-refractivity contribution in [2.45, 2.75) is 45.1 Å². The predicted octanol–water partition coefficient (Wildman–Crippen LogP) is 3.48. The van der Waals surface area contributed by atoms with Crippen LogP contribution in [0.5, 0.6) is 0 Å². The summed E-state index contributed by atoms with van der Waals surface area (Å²) in [6.45, 7) is 4.10. The second kappa shape index (κ2) is 5.86. The molecule has 2 heteroatoms. The monoisotopic (exact) mass is 210 g/mol. The van der Waals surface area contributed by atoms with E-state index >= 15 is 0 Å². The van der Waals surface area contributed by atoms with Gasteiger partial charge in [0.15, 0.2) is 0 Å². The lowest BCUT2D eigenvalue weighted by Gasteiger charge is -2.21. The first kappa shape index (κ1) is 12.2. The third-order valence-corrected chi connectivity index (χ3v) is 2.79. The molecule has 2 unspecified atom stereocenters. The van der Waals surface area contributed by atoms with Crippen LogP contribution in [-0.4, -0.2) is 11.2 Å². The van der Waals surface area contributed by atoms with Crippen molar-refractivity contribution in [3.8, 4) is 0 Å². The molecule has 1 aromatic rings. The Hall–Kier alpha value is -0.890. The van der Waals surface area contributed by atoms with Gasteiger partial charge in [0.25, 0.3) is 0 Å². The van der Waals surface area contributed by atoms with Gasteiger partial charge in [-0.25, -0.2) is 4.39 Å². The van der Waals surface area contributed by atoms with E-state index in [0.717, 1.165) is 24.8 Å². The van der Waals surface area contributed by atoms with Crippen molar-refractivity contribution in [2.75, 3.05) is 0 Å². The van der Waals surface area contributed by atoms with E-state index in [4.69, 9.17) is 0 Å². The van der Waals surface area contributed by atoms with Crippen molar-refractivity contribution in [1.82, 2.24) is 0 Å². The lowest BCUT2D eigenvalue weighted by atomic mass is 9.89. The quantitative estimate of drug-likeness (QED) is 0.788. The molecule has 1 rings (SSSR count). The van der Waals surface area contributed by atoms with Gasteiger partial charge in [-0.05, 0) is 30.5 Å². The van der Waals surface area contributed by atoms with Gasteiger partial charge >= 0.3 is 0 Å². The molecule has 0 saturated heterocycles. The summed E-state index contributed by atoms with van der Waals surface area (Å²) in [7, 11) is 0. The van der Waals surface area contributed by atoms with Crippen molar-refractivity contribution in [3.05, 3.63) is 35.6 Å². The molecule has 84 valence electrons. The normalized spacial score (nSPS) is 14.9. The van der Waals surface area contributed by atoms with Crippen molar-refractivity contribution < 1.29 is 9.50 Å². The summed E-state index contributed by atoms with van der Waals surface area (Å²) < 4.78 is 12.7. The number of aliphatic hydroxyl groups excluding tert-OH is 1. The van der Waals surface area contributed by atoms with Gasteiger partial charge in [-0.1, -0.05) is 32.4 Å². The van der Waals surface area contributed by atoms with Gasteiger partial charge in [-0.2, -0.15) is 0 Å². The molecule has 1 N–H and O–H groups in total. The molecule has 0 saturated carbocycles. The lowest BCUT2D eigenvalue weighted by molar-refractivity contribution is 0.130. The van der Waals surface area contributed by atoms with E-state index in [1.54, 1.807) is 12.1 Å². The maximum absolute atomic E-state index is 12.7. The maximum atomic E-state index is 12.7. The zero-order chi connectivity index (χ0) is 11.3. The summed E-state index contributed by atoms with van der Waals surface area (Å²) in [5, 5.41) is 9.94. The van der Waals surface area contributed by atoms with E-state index < -0.39 is 0 Å². The molecule has 1 aromatic carbocycles. The highest BCUT2D eigenvalue weighted by molar-refractivity contribution is 5.21. The van der Waals surface area contributed by atoms with Crippen LogP contribution in [0.1, 0.15) is 44.6 Å². The van der Waals surface area contributed by atoms with Gasteiger partial charge < -0.3 is 5.11 Å². The number of halogens is 1. The molecule has 0 amide bonds. The SMILES string of the molecule is CCCC(O)C(CC)c1ccc(F)cc1. The van der Waals surface area contributed by atoms with Crippen LogP contribution in [0.2, 0.25) is 0 Å². The van der Waals surface area contributed by atoms with Crippen molar-refractivity contribution >= 4 is 0 Å². The van der Waals surface area contributed by atoms with Crippen LogP contribution >= 0.6 is 0 Å². The van der Waals surface area contributed by atoms with Crippen LogP contribution in [0, 0.1) is 5.82 Å². The van der Waals surface area contributed by atoms with Gasteiger partial charge in [0.1, 0.15) is 5.82 Å². The van der Waals surface area contributed by atoms with Gasteiger partial charge in [0.05, 0.1) is 6.10 Å². The summed E-state index contributed by atoms with van der Waals surface area (Å²) in [5.41, 5.74) is 1.03. The van der Waals surface area contributed by atoms with E-state index in [1.165, 1.54) is 12.1 Å². The Morgan fingerprint density at radius 2 is 1.80 bits per heavy atom. The van der Waals surface area contributed by atoms with E-state index in [2.05, 4.69) is 6.92 Å². The predicted molar refractivity (Wildman–Crippen MR) is 60.3 cm³/mol. The third-order valence-electron chi connectivity index (χ3n) is 2.79. The summed E-state index contributed by atoms with van der Waals surface area (Å²) in [6, 6.07) is 6.44. The Labute approximate surface area is 90.9 Å². The minimum Gasteiger partial charge on any atom is -0.392 e. The van der Waals surface area contributed by atoms with Crippen LogP contribution in [0.15, 0.2) is 24.3 Å². The Balaban J connectivity index is 2.77. The molecule has 2 atom stereocenters. The minimum atomic E-state index is -0.314. The molecule has 0 bridgehead atoms. The van der Waals surface area contributed by atoms with Crippen molar-refractivity contribution in [3.63, 3.8) is 0 Å². The van der Waals surface area contributed by atoms with Crippen LogP contribution in [-0.2, 0) is 0 Å². The molecule has 0 aromatic heterocycles. The van der Waals surface area contributed by atoms with E-state index in [9.17, 15) is 9.50 Å². The first-order valence-corrected chi connectivity index (χ1v) is 5.62. The second-order valence-corrected chi connectivity index (χ2v) is 3.92. The fourth-order valence-corrected chi connectivity index (χ4v) is 1.94. The fraction of sp³-hybridized carbons (Fsp3) is 0.538. The summed E-state index contributed by atoms with van der Waals surface area (Å²) in [4.78, 5) is 0. The Morgan fingerprint density at radius 1 is 1.20 bits per heavy atom. The van der Waals surface area contributed by atoms with Crippen LogP contribution in [0.3, 0.4) is 0 Å². The summed E-state index contributed by atoms with van der Waals surface area (Å²) >= 11 is 0. The molecule has 0 radical (unpaired) electrons. The largest absolute Gasteiger partial charge is 0.392 e. The molecule has 0 aliphatic heterocycles. The van der Waals surface area contributed by atoms with Crippen LogP contribution < -0.4 is 0 Å². The number of benzene rings is 1. The summed E-state index contributed by atoms with van der Waals surface area (Å²) in [6.07, 6.45) is 2.34. The Bertz CT molecular complexity index is 281. The Morgan fingerprint density at radius 3 is 2.27 bits per heavy atom. The third kappa shape index (κ3) is 3.31. The molecule has 0 spiro atoms. The average molecular weight is 210 g/mol. The Kier molecular flexibility index (Phi) is 4.76. The topological polar surface area (TPSA) is 20.2 Å². The molecular formula is C13H19FO. The van der Waals surface area contributed by atoms with Gasteiger partial charge in [0, 0.05) is 5.92 Å². The molecule has 0 aliphatic rings. The molecule has 0 heterocycles. The lowest BCUT2D eigenvalue weighted by Crippen LogP contribution is -2.17. The van der Waals surface area contributed by atoms with E-state index in [-0.39, 0.29) is 17.8 Å². The standard InChI is InChI=1S/C13H19FO/c1-3-5-13(15)12(4-2)10-6-8-11(14)9-7-10/h6-9,12-13,15H,3-5H2,1-2H3. The van der Waals surface area contributed by atoms with Crippen molar-refractivity contribution in [1.29, 1.82) is 0 Å². The molecule has 15 heavy (non-hydrogen) atoms. The summed E-state index contributed by atoms with van der Waals surface area (Å²) in [5.74, 6) is -0.0934. The second-order valence-electron chi connectivity index (χ2n) is 3.92. The molecule has 0 aliphatic carbocycles. The maximum Gasteiger partial charge on any atom is 0.123 e. The number of hydrogen-bond acceptors (Lipinski definition) is 1. The zero-order valence-electron chi connectivity index (χ0n) is 9.41. The number of aliphatic hydroxyl groups is 1. The van der Waals surface area contributed by atoms with Gasteiger partial charge in [-0.3, -0.25) is 0 Å². The van der Waals surface area contributed by atoms with Crippen LogP contribution in [0.4, 0.5) is 4.39 Å². The smallest absolute Gasteiger partial charge is 0.123 e. The van der Waals surface area contributed by atoms with E-state index in [0.29, 0.717) is 0 Å². The highest BCUT2D eigenvalue weighted by Crippen LogP contribution is 2.25. The number of rotatable bonds is 5. The molecule has 0 fully saturated rings.